The van der Waals surface area contributed by atoms with Crippen LogP contribution in [0.15, 0.2) is 47.4 Å². The average molecular weight is 400 g/mol. The number of benzene rings is 2. The summed E-state index contributed by atoms with van der Waals surface area (Å²) in [6.45, 7) is 2.10. The van der Waals surface area contributed by atoms with Gasteiger partial charge in [-0.3, -0.25) is 24.6 Å². The number of carbonyl (C=O) groups excluding carboxylic acids is 2. The van der Waals surface area contributed by atoms with E-state index >= 15 is 0 Å². The number of nitro benzene ring substituents is 1. The molecule has 2 aromatic carbocycles. The van der Waals surface area contributed by atoms with E-state index in [1.807, 2.05) is 0 Å². The summed E-state index contributed by atoms with van der Waals surface area (Å²) in [6, 6.07) is 10.4. The van der Waals surface area contributed by atoms with Crippen LogP contribution < -0.4 is 4.74 Å². The van der Waals surface area contributed by atoms with Gasteiger partial charge in [0, 0.05) is 12.1 Å². The minimum absolute atomic E-state index is 0.0159. The second kappa shape index (κ2) is 8.13. The standard InChI is InChI=1S/C19H16N2O6S/c1-2-27-16-9-12(6-7-15(16)22)10-17-18(23)20(19(24)28-17)11-13-4-3-5-14(8-13)21(25)26/h3-10,22H,2,11H2,1H3/b17-10-. The predicted octanol–water partition coefficient (Wildman–Crippen LogP) is 3.94. The third kappa shape index (κ3) is 4.15. The van der Waals surface area contributed by atoms with Gasteiger partial charge in [-0.05, 0) is 48.0 Å². The number of ether oxygens (including phenoxy) is 1. The highest BCUT2D eigenvalue weighted by Gasteiger charge is 2.35. The fraction of sp³-hybridized carbons (Fsp3) is 0.158. The minimum atomic E-state index is -0.530. The molecule has 0 aliphatic carbocycles. The van der Waals surface area contributed by atoms with E-state index in [9.17, 15) is 24.8 Å². The number of carbonyl (C=O) groups is 2. The van der Waals surface area contributed by atoms with E-state index in [-0.39, 0.29) is 28.6 Å². The number of non-ortho nitro benzene ring substituents is 1. The van der Waals surface area contributed by atoms with Crippen LogP contribution in [0.3, 0.4) is 0 Å². The fourth-order valence-electron chi connectivity index (χ4n) is 2.63. The molecule has 1 heterocycles. The molecule has 1 aliphatic heterocycles. The van der Waals surface area contributed by atoms with Crippen LogP contribution in [-0.4, -0.2) is 32.7 Å². The number of aromatic hydroxyl groups is 1. The molecular weight excluding hydrogens is 384 g/mol. The van der Waals surface area contributed by atoms with Gasteiger partial charge in [0.1, 0.15) is 0 Å². The second-order valence-corrected chi connectivity index (χ2v) is 6.85. The summed E-state index contributed by atoms with van der Waals surface area (Å²) in [6.07, 6.45) is 1.54. The molecule has 0 unspecified atom stereocenters. The Kier molecular flexibility index (Phi) is 5.65. The smallest absolute Gasteiger partial charge is 0.293 e. The number of hydrogen-bond donors (Lipinski definition) is 1. The summed E-state index contributed by atoms with van der Waals surface area (Å²) in [7, 11) is 0. The lowest BCUT2D eigenvalue weighted by Gasteiger charge is -2.12. The molecule has 1 N–H and O–H groups in total. The Hall–Kier alpha value is -3.33. The molecule has 1 fully saturated rings. The summed E-state index contributed by atoms with van der Waals surface area (Å²) < 4.78 is 5.32. The topological polar surface area (TPSA) is 110 Å². The Morgan fingerprint density at radius 1 is 1.25 bits per heavy atom. The van der Waals surface area contributed by atoms with Crippen molar-refractivity contribution in [3.63, 3.8) is 0 Å². The van der Waals surface area contributed by atoms with Crippen molar-refractivity contribution in [3.05, 3.63) is 68.6 Å². The van der Waals surface area contributed by atoms with E-state index in [0.717, 1.165) is 16.7 Å². The Labute approximate surface area is 164 Å². The van der Waals surface area contributed by atoms with Crippen LogP contribution in [0.1, 0.15) is 18.1 Å². The van der Waals surface area contributed by atoms with Crippen molar-refractivity contribution >= 4 is 34.7 Å². The summed E-state index contributed by atoms with van der Waals surface area (Å²) in [5.41, 5.74) is 0.982. The molecule has 1 aliphatic rings. The number of phenolic OH excluding ortho intramolecular Hbond substituents is 1. The first-order chi connectivity index (χ1) is 13.4. The number of rotatable bonds is 6. The maximum absolute atomic E-state index is 12.6. The van der Waals surface area contributed by atoms with Crippen LogP contribution in [0, 0.1) is 10.1 Å². The lowest BCUT2D eigenvalue weighted by molar-refractivity contribution is -0.384. The molecule has 2 amide bonds. The van der Waals surface area contributed by atoms with Gasteiger partial charge < -0.3 is 9.84 Å². The zero-order valence-electron chi connectivity index (χ0n) is 14.8. The summed E-state index contributed by atoms with van der Waals surface area (Å²) >= 11 is 0.791. The van der Waals surface area contributed by atoms with Crippen molar-refractivity contribution in [1.29, 1.82) is 0 Å². The molecule has 28 heavy (non-hydrogen) atoms. The van der Waals surface area contributed by atoms with Gasteiger partial charge >= 0.3 is 0 Å². The van der Waals surface area contributed by atoms with Crippen LogP contribution >= 0.6 is 11.8 Å². The van der Waals surface area contributed by atoms with Gasteiger partial charge in [0.25, 0.3) is 16.8 Å². The van der Waals surface area contributed by atoms with Crippen molar-refractivity contribution < 1.29 is 24.4 Å². The third-order valence-corrected chi connectivity index (χ3v) is 4.82. The molecule has 1 saturated heterocycles. The molecule has 0 atom stereocenters. The number of nitrogens with zero attached hydrogens (tertiary/aromatic N) is 2. The van der Waals surface area contributed by atoms with E-state index in [1.165, 1.54) is 24.3 Å². The van der Waals surface area contributed by atoms with Crippen molar-refractivity contribution in [1.82, 2.24) is 4.90 Å². The monoisotopic (exact) mass is 400 g/mol. The Balaban J connectivity index is 1.82. The van der Waals surface area contributed by atoms with Crippen LogP contribution in [-0.2, 0) is 11.3 Å². The molecule has 3 rings (SSSR count). The largest absolute Gasteiger partial charge is 0.504 e. The zero-order valence-corrected chi connectivity index (χ0v) is 15.6. The summed E-state index contributed by atoms with van der Waals surface area (Å²) in [4.78, 5) is 36.5. The number of imide groups is 1. The lowest BCUT2D eigenvalue weighted by atomic mass is 10.1. The van der Waals surface area contributed by atoms with E-state index in [4.69, 9.17) is 4.74 Å². The van der Waals surface area contributed by atoms with Crippen LogP contribution in [0.4, 0.5) is 10.5 Å². The van der Waals surface area contributed by atoms with Crippen molar-refractivity contribution in [2.45, 2.75) is 13.5 Å². The highest BCUT2D eigenvalue weighted by molar-refractivity contribution is 8.18. The molecule has 144 valence electrons. The molecule has 2 aromatic rings. The normalized spacial score (nSPS) is 15.3. The first kappa shape index (κ1) is 19.4. The predicted molar refractivity (Wildman–Crippen MR) is 104 cm³/mol. The van der Waals surface area contributed by atoms with Gasteiger partial charge in [0.2, 0.25) is 0 Å². The summed E-state index contributed by atoms with van der Waals surface area (Å²) in [5.74, 6) is -0.211. The average Bonchev–Trinajstić information content (AvgIpc) is 2.92. The van der Waals surface area contributed by atoms with Crippen LogP contribution in [0.5, 0.6) is 11.5 Å². The number of nitro groups is 1. The molecule has 8 nitrogen and oxygen atoms in total. The number of phenols is 1. The van der Waals surface area contributed by atoms with Crippen molar-refractivity contribution in [2.75, 3.05) is 6.61 Å². The Morgan fingerprint density at radius 2 is 2.04 bits per heavy atom. The Bertz CT molecular complexity index is 988. The molecule has 9 heteroatoms. The second-order valence-electron chi connectivity index (χ2n) is 5.86. The van der Waals surface area contributed by atoms with E-state index in [2.05, 4.69) is 0 Å². The minimum Gasteiger partial charge on any atom is -0.504 e. The van der Waals surface area contributed by atoms with E-state index < -0.39 is 16.1 Å². The van der Waals surface area contributed by atoms with Gasteiger partial charge in [-0.15, -0.1) is 0 Å². The van der Waals surface area contributed by atoms with Crippen molar-refractivity contribution in [3.8, 4) is 11.5 Å². The highest BCUT2D eigenvalue weighted by atomic mass is 32.2. The summed E-state index contributed by atoms with van der Waals surface area (Å²) in [5, 5.41) is 20.2. The zero-order chi connectivity index (χ0) is 20.3. The number of thioether (sulfide) groups is 1. The molecule has 0 aromatic heterocycles. The van der Waals surface area contributed by atoms with Crippen LogP contribution in [0.2, 0.25) is 0 Å². The van der Waals surface area contributed by atoms with Crippen LogP contribution in [0.25, 0.3) is 6.08 Å². The van der Waals surface area contributed by atoms with Crippen molar-refractivity contribution in [2.24, 2.45) is 0 Å². The maximum Gasteiger partial charge on any atom is 0.293 e. The highest BCUT2D eigenvalue weighted by Crippen LogP contribution is 2.35. The van der Waals surface area contributed by atoms with E-state index in [1.54, 1.807) is 31.2 Å². The Morgan fingerprint density at radius 3 is 2.75 bits per heavy atom. The molecule has 0 bridgehead atoms. The van der Waals surface area contributed by atoms with Gasteiger partial charge in [0.15, 0.2) is 11.5 Å². The first-order valence-electron chi connectivity index (χ1n) is 8.33. The molecule has 0 radical (unpaired) electrons. The fourth-order valence-corrected chi connectivity index (χ4v) is 3.47. The lowest BCUT2D eigenvalue weighted by Crippen LogP contribution is -2.27. The molecule has 0 saturated carbocycles. The van der Waals surface area contributed by atoms with Gasteiger partial charge in [-0.1, -0.05) is 18.2 Å². The first-order valence-corrected chi connectivity index (χ1v) is 9.15. The molecular formula is C19H16N2O6S. The third-order valence-electron chi connectivity index (χ3n) is 3.92. The number of hydrogen-bond acceptors (Lipinski definition) is 7. The quantitative estimate of drug-likeness (QED) is 0.444. The van der Waals surface area contributed by atoms with E-state index in [0.29, 0.717) is 17.7 Å². The molecule has 0 spiro atoms. The van der Waals surface area contributed by atoms with Gasteiger partial charge in [-0.25, -0.2) is 0 Å². The van der Waals surface area contributed by atoms with Gasteiger partial charge in [0.05, 0.1) is 23.0 Å². The SMILES string of the molecule is CCOc1cc(/C=C2\SC(=O)N(Cc3cccc([N+](=O)[O-])c3)C2=O)ccc1O. The number of amides is 2. The van der Waals surface area contributed by atoms with Gasteiger partial charge in [-0.2, -0.15) is 0 Å². The maximum atomic E-state index is 12.6.